The number of nitrogens with zero attached hydrogens (tertiary/aromatic N) is 4. The number of aromatic nitrogens is 4. The van der Waals surface area contributed by atoms with Crippen LogP contribution in [0.4, 0.5) is 9.59 Å². The van der Waals surface area contributed by atoms with Crippen molar-refractivity contribution in [3.05, 3.63) is 71.4 Å². The Bertz CT molecular complexity index is 2080. The topological polar surface area (TPSA) is 116 Å². The minimum Gasteiger partial charge on any atom is -0.444 e. The van der Waals surface area contributed by atoms with Crippen molar-refractivity contribution in [2.24, 2.45) is 10.8 Å². The lowest BCUT2D eigenvalue weighted by Crippen LogP contribution is -2.46. The molecule has 2 atom stereocenters. The van der Waals surface area contributed by atoms with Crippen molar-refractivity contribution in [3.63, 3.8) is 0 Å². The highest BCUT2D eigenvalue weighted by Crippen LogP contribution is 2.61. The van der Waals surface area contributed by atoms with E-state index in [9.17, 15) is 9.59 Å². The second kappa shape index (κ2) is 11.4. The summed E-state index contributed by atoms with van der Waals surface area (Å²) in [4.78, 5) is 47.0. The Hall–Kier alpha value is -4.78. The molecule has 10 nitrogen and oxygen atoms in total. The number of hydrogen-bond donors (Lipinski definition) is 2. The van der Waals surface area contributed by atoms with Crippen molar-refractivity contribution < 1.29 is 19.1 Å². The van der Waals surface area contributed by atoms with Gasteiger partial charge in [0.1, 0.15) is 28.4 Å². The van der Waals surface area contributed by atoms with E-state index in [2.05, 4.69) is 28.7 Å². The summed E-state index contributed by atoms with van der Waals surface area (Å²) < 4.78 is 11.6. The quantitative estimate of drug-likeness (QED) is 0.209. The summed E-state index contributed by atoms with van der Waals surface area (Å²) in [6, 6.07) is 13.9. The lowest BCUT2D eigenvalue weighted by molar-refractivity contribution is 0.00827. The molecule has 2 amide bonds. The SMILES string of the molecule is CC(C)(C)OC(=O)N1CC2(CC2)C[C@H]1c1nc2cc(C#Cc3ccc(-c4c[nH]c([C@@]5(C)CC6(CC6)CN5C(=O)OC(C)(C)C)n4)cc3)ccc2[nH]1. The molecule has 0 unspecified atom stereocenters. The first-order chi connectivity index (χ1) is 24.0. The van der Waals surface area contributed by atoms with Crippen LogP contribution in [0.15, 0.2) is 48.7 Å². The molecule has 0 radical (unpaired) electrons. The number of hydrogen-bond acceptors (Lipinski definition) is 6. The van der Waals surface area contributed by atoms with Crippen LogP contribution in [0.2, 0.25) is 0 Å². The Morgan fingerprint density at radius 3 is 2.16 bits per heavy atom. The molecule has 2 aromatic carbocycles. The second-order valence-corrected chi connectivity index (χ2v) is 17.7. The average molecular weight is 689 g/mol. The zero-order chi connectivity index (χ0) is 36.0. The van der Waals surface area contributed by atoms with Gasteiger partial charge in [0.2, 0.25) is 0 Å². The number of aromatic amines is 2. The Balaban J connectivity index is 0.971. The van der Waals surface area contributed by atoms with Crippen molar-refractivity contribution in [3.8, 4) is 23.1 Å². The highest BCUT2D eigenvalue weighted by molar-refractivity contribution is 5.78. The Labute approximate surface area is 299 Å². The summed E-state index contributed by atoms with van der Waals surface area (Å²) in [6.45, 7) is 14.9. The van der Waals surface area contributed by atoms with Gasteiger partial charge in [-0.05, 0) is 128 Å². The van der Waals surface area contributed by atoms with Crippen molar-refractivity contribution >= 4 is 23.2 Å². The number of ether oxygens (including phenoxy) is 2. The number of nitrogens with one attached hydrogen (secondary N) is 2. The molecule has 10 heteroatoms. The van der Waals surface area contributed by atoms with Crippen molar-refractivity contribution in [2.45, 2.75) is 110 Å². The van der Waals surface area contributed by atoms with E-state index in [-0.39, 0.29) is 29.1 Å². The number of imidazole rings is 2. The number of carbonyl (C=O) groups excluding carboxylic acids is 2. The Kier molecular flexibility index (Phi) is 7.43. The summed E-state index contributed by atoms with van der Waals surface area (Å²) in [5.41, 5.74) is 3.99. The fraction of sp³-hybridized carbons (Fsp3) is 0.512. The maximum atomic E-state index is 13.3. The Morgan fingerprint density at radius 1 is 0.843 bits per heavy atom. The molecule has 8 rings (SSSR count). The second-order valence-electron chi connectivity index (χ2n) is 17.7. The van der Waals surface area contributed by atoms with Gasteiger partial charge < -0.3 is 19.4 Å². The van der Waals surface area contributed by atoms with E-state index >= 15 is 0 Å². The summed E-state index contributed by atoms with van der Waals surface area (Å²) >= 11 is 0. The first-order valence-corrected chi connectivity index (χ1v) is 18.2. The van der Waals surface area contributed by atoms with Gasteiger partial charge in [-0.1, -0.05) is 24.0 Å². The molecule has 2 aliphatic carbocycles. The lowest BCUT2D eigenvalue weighted by atomic mass is 9.92. The van der Waals surface area contributed by atoms with E-state index in [1.54, 1.807) is 0 Å². The highest BCUT2D eigenvalue weighted by Gasteiger charge is 2.61. The van der Waals surface area contributed by atoms with Crippen LogP contribution in [0.25, 0.3) is 22.3 Å². The molecule has 2 saturated heterocycles. The minimum absolute atomic E-state index is 0.131. The number of H-pyrrole nitrogens is 2. The van der Waals surface area contributed by atoms with Gasteiger partial charge in [-0.15, -0.1) is 0 Å². The van der Waals surface area contributed by atoms with Gasteiger partial charge in [0.05, 0.1) is 22.8 Å². The normalized spacial score (nSPS) is 23.1. The molecule has 2 N–H and O–H groups in total. The number of benzene rings is 2. The zero-order valence-electron chi connectivity index (χ0n) is 30.8. The van der Waals surface area contributed by atoms with Crippen LogP contribution in [0.5, 0.6) is 0 Å². The van der Waals surface area contributed by atoms with Gasteiger partial charge in [0.25, 0.3) is 0 Å². The van der Waals surface area contributed by atoms with Crippen molar-refractivity contribution in [1.29, 1.82) is 0 Å². The molecule has 0 bridgehead atoms. The van der Waals surface area contributed by atoms with E-state index in [1.807, 2.05) is 100 Å². The maximum Gasteiger partial charge on any atom is 0.411 e. The van der Waals surface area contributed by atoms with Crippen LogP contribution >= 0.6 is 0 Å². The van der Waals surface area contributed by atoms with Crippen LogP contribution in [0.3, 0.4) is 0 Å². The van der Waals surface area contributed by atoms with Gasteiger partial charge in [0.15, 0.2) is 0 Å². The van der Waals surface area contributed by atoms with Gasteiger partial charge in [-0.25, -0.2) is 19.6 Å². The lowest BCUT2D eigenvalue weighted by Gasteiger charge is -2.34. The van der Waals surface area contributed by atoms with Crippen LogP contribution in [-0.2, 0) is 15.0 Å². The van der Waals surface area contributed by atoms with Crippen molar-refractivity contribution in [2.75, 3.05) is 13.1 Å². The molecule has 2 spiro atoms. The third kappa shape index (κ3) is 6.59. The number of likely N-dealkylation sites (tertiary alicyclic amines) is 2. The third-order valence-electron chi connectivity index (χ3n) is 10.9. The molecule has 266 valence electrons. The maximum absolute atomic E-state index is 13.3. The van der Waals surface area contributed by atoms with Crippen molar-refractivity contribution in [1.82, 2.24) is 29.7 Å². The molecule has 4 aliphatic rings. The number of carbonyl (C=O) groups is 2. The van der Waals surface area contributed by atoms with Gasteiger partial charge in [-0.3, -0.25) is 9.80 Å². The first-order valence-electron chi connectivity index (χ1n) is 18.2. The third-order valence-corrected chi connectivity index (χ3v) is 10.9. The van der Waals surface area contributed by atoms with Crippen LogP contribution in [0, 0.1) is 22.7 Å². The fourth-order valence-corrected chi connectivity index (χ4v) is 7.93. The first kappa shape index (κ1) is 33.4. The monoisotopic (exact) mass is 688 g/mol. The van der Waals surface area contributed by atoms with E-state index in [1.165, 1.54) is 0 Å². The Morgan fingerprint density at radius 2 is 1.49 bits per heavy atom. The predicted octanol–water partition coefficient (Wildman–Crippen LogP) is 8.45. The van der Waals surface area contributed by atoms with E-state index in [0.717, 1.165) is 83.6 Å². The van der Waals surface area contributed by atoms with E-state index in [0.29, 0.717) is 13.1 Å². The fourth-order valence-electron chi connectivity index (χ4n) is 7.93. The summed E-state index contributed by atoms with van der Waals surface area (Å²) in [6.07, 6.45) is 7.67. The summed E-state index contributed by atoms with van der Waals surface area (Å²) in [7, 11) is 0. The molecule has 2 aliphatic heterocycles. The molecular weight excluding hydrogens is 640 g/mol. The molecule has 51 heavy (non-hydrogen) atoms. The molecule has 4 heterocycles. The molecular formula is C41H48N6O4. The molecule has 4 aromatic rings. The standard InChI is InChI=1S/C41H48N6O4/c1-37(2,3)50-35(48)46-24-40(16-17-40)21-32(46)33-43-29-15-12-27(20-30(29)44-33)9-8-26-10-13-28(14-11-26)31-22-42-34(45-31)39(7)23-41(18-19-41)25-47(39)36(49)51-38(4,5)6/h10-15,20,22,32H,16-19,21,23-25H2,1-7H3,(H,42,45)(H,43,44)/t32-,39+/m0/s1. The smallest absolute Gasteiger partial charge is 0.411 e. The average Bonchev–Trinajstić information content (AvgIpc) is 3.68. The van der Waals surface area contributed by atoms with E-state index < -0.39 is 16.7 Å². The van der Waals surface area contributed by atoms with Crippen LogP contribution < -0.4 is 0 Å². The number of amides is 2. The molecule has 4 fully saturated rings. The van der Waals surface area contributed by atoms with E-state index in [4.69, 9.17) is 19.4 Å². The van der Waals surface area contributed by atoms with Gasteiger partial charge in [-0.2, -0.15) is 0 Å². The largest absolute Gasteiger partial charge is 0.444 e. The highest BCUT2D eigenvalue weighted by atomic mass is 16.6. The zero-order valence-corrected chi connectivity index (χ0v) is 30.8. The molecule has 2 saturated carbocycles. The number of rotatable bonds is 3. The van der Waals surface area contributed by atoms with Crippen LogP contribution in [0.1, 0.15) is 116 Å². The predicted molar refractivity (Wildman–Crippen MR) is 195 cm³/mol. The summed E-state index contributed by atoms with van der Waals surface area (Å²) in [5.74, 6) is 8.17. The summed E-state index contributed by atoms with van der Waals surface area (Å²) in [5, 5.41) is 0. The molecule has 2 aromatic heterocycles. The van der Waals surface area contributed by atoms with Crippen LogP contribution in [-0.4, -0.2) is 66.2 Å². The number of fused-ring (bicyclic) bond motifs is 1. The van der Waals surface area contributed by atoms with Gasteiger partial charge >= 0.3 is 12.2 Å². The van der Waals surface area contributed by atoms with Gasteiger partial charge in [0, 0.05) is 36.0 Å². The minimum atomic E-state index is -0.563.